The normalized spacial score (nSPS) is 15.5. The van der Waals surface area contributed by atoms with Crippen LogP contribution in [-0.4, -0.2) is 42.6 Å². The van der Waals surface area contributed by atoms with Gasteiger partial charge in [0.2, 0.25) is 0 Å². The number of hydrogen-bond acceptors (Lipinski definition) is 5. The van der Waals surface area contributed by atoms with E-state index in [2.05, 4.69) is 17.4 Å². The van der Waals surface area contributed by atoms with Gasteiger partial charge in [-0.25, -0.2) is 4.79 Å². The Kier molecular flexibility index (Phi) is 4.82. The first kappa shape index (κ1) is 17.3. The van der Waals surface area contributed by atoms with Gasteiger partial charge in [0, 0.05) is 33.9 Å². The van der Waals surface area contributed by atoms with Crippen LogP contribution < -0.4 is 5.32 Å². The predicted octanol–water partition coefficient (Wildman–Crippen LogP) is 4.47. The SMILES string of the molecule is CCOC(=O)N1CCC(NC(=O)c2cc3sc4ccccc4c3s2)CC1. The first-order valence-electron chi connectivity index (χ1n) is 8.79. The molecule has 1 aromatic carbocycles. The van der Waals surface area contributed by atoms with E-state index in [9.17, 15) is 9.59 Å². The van der Waals surface area contributed by atoms with Gasteiger partial charge in [-0.2, -0.15) is 0 Å². The molecular formula is C19H20N2O3S2. The van der Waals surface area contributed by atoms with Gasteiger partial charge in [-0.3, -0.25) is 4.79 Å². The zero-order valence-corrected chi connectivity index (χ0v) is 16.1. The Morgan fingerprint density at radius 2 is 1.96 bits per heavy atom. The molecule has 26 heavy (non-hydrogen) atoms. The molecule has 1 aliphatic heterocycles. The van der Waals surface area contributed by atoms with Crippen molar-refractivity contribution >= 4 is 54.2 Å². The fraction of sp³-hybridized carbons (Fsp3) is 0.368. The summed E-state index contributed by atoms with van der Waals surface area (Å²) in [6, 6.07) is 10.4. The van der Waals surface area contributed by atoms with Crippen LogP contribution in [0.4, 0.5) is 4.79 Å². The van der Waals surface area contributed by atoms with E-state index in [1.807, 2.05) is 18.2 Å². The molecule has 3 heterocycles. The fourth-order valence-electron chi connectivity index (χ4n) is 3.29. The number of ether oxygens (including phenoxy) is 1. The molecule has 0 saturated carbocycles. The van der Waals surface area contributed by atoms with Crippen LogP contribution in [0.25, 0.3) is 19.5 Å². The van der Waals surface area contributed by atoms with Gasteiger partial charge in [0.25, 0.3) is 5.91 Å². The smallest absolute Gasteiger partial charge is 0.409 e. The minimum absolute atomic E-state index is 0.0166. The monoisotopic (exact) mass is 388 g/mol. The summed E-state index contributed by atoms with van der Waals surface area (Å²) in [5.41, 5.74) is 0. The number of benzene rings is 1. The second-order valence-corrected chi connectivity index (χ2v) is 8.47. The molecule has 3 aromatic rings. The topological polar surface area (TPSA) is 58.6 Å². The van der Waals surface area contributed by atoms with Crippen LogP contribution in [-0.2, 0) is 4.74 Å². The van der Waals surface area contributed by atoms with E-state index in [4.69, 9.17) is 4.74 Å². The minimum atomic E-state index is -0.261. The number of thiophene rings is 2. The van der Waals surface area contributed by atoms with Gasteiger partial charge in [0.05, 0.1) is 16.2 Å². The molecule has 5 nitrogen and oxygen atoms in total. The van der Waals surface area contributed by atoms with Crippen molar-refractivity contribution in [1.82, 2.24) is 10.2 Å². The van der Waals surface area contributed by atoms with Crippen molar-refractivity contribution in [1.29, 1.82) is 0 Å². The fourth-order valence-corrected chi connectivity index (χ4v) is 5.72. The molecule has 0 bridgehead atoms. The van der Waals surface area contributed by atoms with Crippen LogP contribution in [0.1, 0.15) is 29.4 Å². The highest BCUT2D eigenvalue weighted by molar-refractivity contribution is 7.33. The third-order valence-electron chi connectivity index (χ3n) is 4.63. The zero-order valence-electron chi connectivity index (χ0n) is 14.5. The summed E-state index contributed by atoms with van der Waals surface area (Å²) in [5, 5.41) is 4.34. The minimum Gasteiger partial charge on any atom is -0.450 e. The van der Waals surface area contributed by atoms with Crippen LogP contribution in [0, 0.1) is 0 Å². The van der Waals surface area contributed by atoms with Gasteiger partial charge in [-0.1, -0.05) is 18.2 Å². The predicted molar refractivity (Wildman–Crippen MR) is 106 cm³/mol. The number of nitrogens with zero attached hydrogens (tertiary/aromatic N) is 1. The molecule has 136 valence electrons. The Labute approximate surface area is 159 Å². The lowest BCUT2D eigenvalue weighted by atomic mass is 10.1. The van der Waals surface area contributed by atoms with Crippen molar-refractivity contribution in [2.75, 3.05) is 19.7 Å². The Morgan fingerprint density at radius 1 is 1.19 bits per heavy atom. The van der Waals surface area contributed by atoms with E-state index < -0.39 is 0 Å². The van der Waals surface area contributed by atoms with Crippen molar-refractivity contribution in [3.63, 3.8) is 0 Å². The molecule has 1 aliphatic rings. The lowest BCUT2D eigenvalue weighted by molar-refractivity contribution is 0.0863. The number of rotatable bonds is 3. The summed E-state index contributed by atoms with van der Waals surface area (Å²) >= 11 is 3.28. The molecule has 0 atom stereocenters. The number of likely N-dealkylation sites (tertiary alicyclic amines) is 1. The Morgan fingerprint density at radius 3 is 2.73 bits per heavy atom. The van der Waals surface area contributed by atoms with E-state index in [1.165, 1.54) is 19.5 Å². The molecule has 0 unspecified atom stereocenters. The number of nitrogens with one attached hydrogen (secondary N) is 1. The lowest BCUT2D eigenvalue weighted by Gasteiger charge is -2.31. The van der Waals surface area contributed by atoms with Gasteiger partial charge in [-0.15, -0.1) is 22.7 Å². The average Bonchev–Trinajstić information content (AvgIpc) is 3.20. The van der Waals surface area contributed by atoms with Crippen molar-refractivity contribution in [2.45, 2.75) is 25.8 Å². The Hall–Kier alpha value is -2.12. The third-order valence-corrected chi connectivity index (χ3v) is 7.04. The van der Waals surface area contributed by atoms with Crippen LogP contribution in [0.2, 0.25) is 0 Å². The maximum atomic E-state index is 12.6. The molecule has 4 rings (SSSR count). The molecule has 1 fully saturated rings. The van der Waals surface area contributed by atoms with Crippen LogP contribution in [0.5, 0.6) is 0 Å². The number of amides is 2. The number of carbonyl (C=O) groups is 2. The van der Waals surface area contributed by atoms with Crippen LogP contribution in [0.3, 0.4) is 0 Å². The highest BCUT2D eigenvalue weighted by Crippen LogP contribution is 2.39. The summed E-state index contributed by atoms with van der Waals surface area (Å²) in [4.78, 5) is 26.8. The molecule has 0 aliphatic carbocycles. The molecule has 2 amide bonds. The molecular weight excluding hydrogens is 368 g/mol. The average molecular weight is 389 g/mol. The lowest BCUT2D eigenvalue weighted by Crippen LogP contribution is -2.46. The van der Waals surface area contributed by atoms with Crippen molar-refractivity contribution < 1.29 is 14.3 Å². The highest BCUT2D eigenvalue weighted by atomic mass is 32.1. The first-order valence-corrected chi connectivity index (χ1v) is 10.4. The van der Waals surface area contributed by atoms with Gasteiger partial charge in [-0.05, 0) is 31.9 Å². The summed E-state index contributed by atoms with van der Waals surface area (Å²) in [6.07, 6.45) is 1.25. The largest absolute Gasteiger partial charge is 0.450 e. The third kappa shape index (κ3) is 3.29. The Bertz CT molecular complexity index is 954. The zero-order chi connectivity index (χ0) is 18.1. The molecule has 1 saturated heterocycles. The van der Waals surface area contributed by atoms with E-state index in [1.54, 1.807) is 34.5 Å². The summed E-state index contributed by atoms with van der Waals surface area (Å²) in [6.45, 7) is 3.43. The van der Waals surface area contributed by atoms with E-state index in [-0.39, 0.29) is 18.0 Å². The maximum Gasteiger partial charge on any atom is 0.409 e. The molecule has 0 radical (unpaired) electrons. The molecule has 0 spiro atoms. The van der Waals surface area contributed by atoms with E-state index in [0.717, 1.165) is 17.7 Å². The highest BCUT2D eigenvalue weighted by Gasteiger charge is 2.25. The quantitative estimate of drug-likeness (QED) is 0.720. The second-order valence-electron chi connectivity index (χ2n) is 6.34. The van der Waals surface area contributed by atoms with E-state index in [0.29, 0.717) is 19.7 Å². The number of carbonyl (C=O) groups excluding carboxylic acids is 2. The Balaban J connectivity index is 1.41. The van der Waals surface area contributed by atoms with Crippen molar-refractivity contribution in [3.05, 3.63) is 35.2 Å². The summed E-state index contributed by atoms with van der Waals surface area (Å²) < 4.78 is 8.64. The second kappa shape index (κ2) is 7.25. The van der Waals surface area contributed by atoms with Gasteiger partial charge >= 0.3 is 6.09 Å². The summed E-state index contributed by atoms with van der Waals surface area (Å²) in [5.74, 6) is -0.0166. The van der Waals surface area contributed by atoms with Crippen LogP contribution in [0.15, 0.2) is 30.3 Å². The van der Waals surface area contributed by atoms with Gasteiger partial charge in [0.1, 0.15) is 0 Å². The molecule has 2 aromatic heterocycles. The number of piperidine rings is 1. The van der Waals surface area contributed by atoms with Crippen molar-refractivity contribution in [3.8, 4) is 0 Å². The van der Waals surface area contributed by atoms with E-state index >= 15 is 0 Å². The molecule has 7 heteroatoms. The standard InChI is InChI=1S/C19H20N2O3S2/c1-2-24-19(23)21-9-7-12(8-10-21)20-18(22)16-11-15-17(26-16)13-5-3-4-6-14(13)25-15/h3-6,11-12H,2,7-10H2,1H3,(H,20,22). The maximum absolute atomic E-state index is 12.6. The number of fused-ring (bicyclic) bond motifs is 3. The molecule has 1 N–H and O–H groups in total. The number of hydrogen-bond donors (Lipinski definition) is 1. The van der Waals surface area contributed by atoms with Crippen molar-refractivity contribution in [2.24, 2.45) is 0 Å². The van der Waals surface area contributed by atoms with Gasteiger partial charge in [0.15, 0.2) is 0 Å². The summed E-state index contributed by atoms with van der Waals surface area (Å²) in [7, 11) is 0. The first-order chi connectivity index (χ1) is 12.7. The van der Waals surface area contributed by atoms with Crippen LogP contribution >= 0.6 is 22.7 Å². The van der Waals surface area contributed by atoms with Gasteiger partial charge < -0.3 is 15.0 Å².